The van der Waals surface area contributed by atoms with Gasteiger partial charge in [-0.05, 0) is 25.4 Å². The second-order valence-corrected chi connectivity index (χ2v) is 1.40. The van der Waals surface area contributed by atoms with E-state index in [-0.39, 0.29) is 44.4 Å². The molecule has 0 aliphatic heterocycles. The molecule has 0 N–H and O–H groups in total. The first kappa shape index (κ1) is 22.5. The number of hydrogen-bond acceptors (Lipinski definition) is 2. The monoisotopic (exact) mass is 256 g/mol. The summed E-state index contributed by atoms with van der Waals surface area (Å²) in [5.74, 6) is -0.167. The van der Waals surface area contributed by atoms with Gasteiger partial charge in [0.15, 0.2) is 0 Å². The van der Waals surface area contributed by atoms with Gasteiger partial charge in [-0.15, -0.1) is 12.4 Å². The van der Waals surface area contributed by atoms with Crippen LogP contribution in [-0.4, -0.2) is 11.6 Å². The van der Waals surface area contributed by atoms with Crippen LogP contribution in [-0.2, 0) is 30.0 Å². The predicted octanol–water partition coefficient (Wildman–Crippen LogP) is 1.24. The fourth-order valence-corrected chi connectivity index (χ4v) is 0. The minimum atomic E-state index is -0.0833. The normalized spacial score (nSPS) is 5.00. The zero-order valence-electron chi connectivity index (χ0n) is 5.96. The Hall–Kier alpha value is 0.0323. The van der Waals surface area contributed by atoms with Crippen LogP contribution in [0.15, 0.2) is 0 Å². The summed E-state index contributed by atoms with van der Waals surface area (Å²) in [6.45, 7) is 8.83. The third-order valence-corrected chi connectivity index (χ3v) is 0. The van der Waals surface area contributed by atoms with Crippen LogP contribution in [0.1, 0.15) is 13.8 Å². The van der Waals surface area contributed by atoms with Crippen LogP contribution in [0, 0.1) is 13.8 Å². The summed E-state index contributed by atoms with van der Waals surface area (Å²) >= 11 is 0. The standard InChI is InChI=1S/2C3H5O.ClH.Pd/c2*1-3(2)4;;/h2*1H2,2H3;1H;/q2*-1;;+2. The topological polar surface area (TPSA) is 34.1 Å². The molecule has 0 saturated carbocycles. The molecular weight excluding hydrogens is 246 g/mol. The van der Waals surface area contributed by atoms with Crippen LogP contribution in [0.4, 0.5) is 0 Å². The van der Waals surface area contributed by atoms with Crippen LogP contribution in [0.2, 0.25) is 0 Å². The molecule has 0 saturated heterocycles. The van der Waals surface area contributed by atoms with Crippen molar-refractivity contribution in [2.24, 2.45) is 0 Å². The first-order valence-electron chi connectivity index (χ1n) is 2.12. The number of hydrogen-bond donors (Lipinski definition) is 0. The molecule has 0 rings (SSSR count). The molecule has 0 atom stereocenters. The third kappa shape index (κ3) is 380000. The minimum Gasteiger partial charge on any atom is -0.340 e. The Morgan fingerprint density at radius 1 is 1.00 bits per heavy atom. The van der Waals surface area contributed by atoms with Crippen LogP contribution >= 0.6 is 12.4 Å². The van der Waals surface area contributed by atoms with Gasteiger partial charge in [-0.2, -0.15) is 0 Å². The Morgan fingerprint density at radius 2 is 1.00 bits per heavy atom. The van der Waals surface area contributed by atoms with Crippen LogP contribution < -0.4 is 0 Å². The maximum atomic E-state index is 9.33. The van der Waals surface area contributed by atoms with Gasteiger partial charge in [-0.1, -0.05) is 0 Å². The Kier molecular flexibility index (Phi) is 36.0. The summed E-state index contributed by atoms with van der Waals surface area (Å²) < 4.78 is 0. The fraction of sp³-hybridized carbons (Fsp3) is 0.333. The summed E-state index contributed by atoms with van der Waals surface area (Å²) in [5, 5.41) is 0. The molecule has 64 valence electrons. The van der Waals surface area contributed by atoms with E-state index in [4.69, 9.17) is 0 Å². The summed E-state index contributed by atoms with van der Waals surface area (Å²) in [6, 6.07) is 0. The number of ketones is 2. The van der Waals surface area contributed by atoms with E-state index in [9.17, 15) is 9.59 Å². The van der Waals surface area contributed by atoms with E-state index in [1.807, 2.05) is 0 Å². The van der Waals surface area contributed by atoms with Crippen molar-refractivity contribution in [2.45, 2.75) is 13.8 Å². The number of Topliss-reactive ketones (excluding diaryl/α,β-unsaturated/α-hetero) is 2. The van der Waals surface area contributed by atoms with Crippen molar-refractivity contribution < 1.29 is 30.0 Å². The molecule has 0 aliphatic rings. The predicted molar refractivity (Wildman–Crippen MR) is 39.3 cm³/mol. The Balaban J connectivity index is -0.0000000300. The summed E-state index contributed by atoms with van der Waals surface area (Å²) in [6.07, 6.45) is 0. The van der Waals surface area contributed by atoms with Gasteiger partial charge in [-0.25, -0.2) is 0 Å². The average molecular weight is 257 g/mol. The molecule has 0 aromatic heterocycles. The maximum absolute atomic E-state index is 9.33. The van der Waals surface area contributed by atoms with E-state index in [0.29, 0.717) is 0 Å². The zero-order chi connectivity index (χ0) is 7.15. The van der Waals surface area contributed by atoms with Gasteiger partial charge in [-0.3, -0.25) is 0 Å². The molecule has 0 heterocycles. The van der Waals surface area contributed by atoms with Gasteiger partial charge in [0.1, 0.15) is 0 Å². The largest absolute Gasteiger partial charge is 2.00 e. The summed E-state index contributed by atoms with van der Waals surface area (Å²) in [5.41, 5.74) is 0. The Labute approximate surface area is 81.8 Å². The van der Waals surface area contributed by atoms with Gasteiger partial charge in [0.25, 0.3) is 0 Å². The van der Waals surface area contributed by atoms with Crippen LogP contribution in [0.5, 0.6) is 0 Å². The molecule has 0 fully saturated rings. The molecular formula is C6H11ClO2Pd. The Bertz CT molecular complexity index is 73.7. The molecule has 10 heavy (non-hydrogen) atoms. The Morgan fingerprint density at radius 3 is 1.00 bits per heavy atom. The zero-order valence-corrected chi connectivity index (χ0v) is 8.33. The van der Waals surface area contributed by atoms with Crippen molar-refractivity contribution in [1.82, 2.24) is 0 Å². The molecule has 0 aromatic carbocycles. The molecule has 2 nitrogen and oxygen atoms in total. The van der Waals surface area contributed by atoms with Gasteiger partial charge in [0.2, 0.25) is 0 Å². The summed E-state index contributed by atoms with van der Waals surface area (Å²) in [7, 11) is 0. The molecule has 4 heteroatoms. The van der Waals surface area contributed by atoms with Gasteiger partial charge in [0, 0.05) is 0 Å². The van der Waals surface area contributed by atoms with Gasteiger partial charge < -0.3 is 23.4 Å². The molecule has 0 radical (unpaired) electrons. The van der Waals surface area contributed by atoms with Crippen LogP contribution in [0.3, 0.4) is 0 Å². The molecule has 0 amide bonds. The van der Waals surface area contributed by atoms with Crippen LogP contribution in [0.25, 0.3) is 0 Å². The van der Waals surface area contributed by atoms with Crippen molar-refractivity contribution >= 4 is 24.0 Å². The minimum absolute atomic E-state index is 0. The second kappa shape index (κ2) is 16.0. The molecule has 0 bridgehead atoms. The van der Waals surface area contributed by atoms with Crippen molar-refractivity contribution in [3.8, 4) is 0 Å². The SMILES string of the molecule is Cl.[CH2-]C(C)=O.[CH2-]C(C)=O.[Pd+2]. The van der Waals surface area contributed by atoms with E-state index in [2.05, 4.69) is 13.8 Å². The van der Waals surface area contributed by atoms with Gasteiger partial charge in [0.05, 0.1) is 0 Å². The van der Waals surface area contributed by atoms with E-state index in [0.717, 1.165) is 0 Å². The number of rotatable bonds is 0. The fourth-order valence-electron chi connectivity index (χ4n) is 0. The third-order valence-electron chi connectivity index (χ3n) is 0. The van der Waals surface area contributed by atoms with E-state index < -0.39 is 0 Å². The number of halogens is 1. The van der Waals surface area contributed by atoms with E-state index >= 15 is 0 Å². The molecule has 0 unspecified atom stereocenters. The molecule has 0 spiro atoms. The van der Waals surface area contributed by atoms with Gasteiger partial charge >= 0.3 is 20.4 Å². The molecule has 0 aliphatic carbocycles. The van der Waals surface area contributed by atoms with E-state index in [1.165, 1.54) is 13.8 Å². The quantitative estimate of drug-likeness (QED) is 0.483. The smallest absolute Gasteiger partial charge is 0.340 e. The number of carbonyl (C=O) groups is 2. The van der Waals surface area contributed by atoms with Crippen molar-refractivity contribution in [1.29, 1.82) is 0 Å². The average Bonchev–Trinajstić information content (AvgIpc) is 1.25. The maximum Gasteiger partial charge on any atom is 2.00 e. The second-order valence-electron chi connectivity index (χ2n) is 1.40. The van der Waals surface area contributed by atoms with Crippen molar-refractivity contribution in [3.05, 3.63) is 13.8 Å². The van der Waals surface area contributed by atoms with E-state index in [1.54, 1.807) is 0 Å². The first-order chi connectivity index (χ1) is 3.46. The first-order valence-corrected chi connectivity index (χ1v) is 2.12. The number of carbonyl (C=O) groups excluding carboxylic acids is 2. The summed E-state index contributed by atoms with van der Waals surface area (Å²) in [4.78, 5) is 18.7. The van der Waals surface area contributed by atoms with Crippen molar-refractivity contribution in [3.63, 3.8) is 0 Å². The van der Waals surface area contributed by atoms with Crippen molar-refractivity contribution in [2.75, 3.05) is 0 Å². The molecule has 0 aromatic rings.